The molecule has 1 aromatic heterocycles. The number of nitrogens with one attached hydrogen (secondary N) is 1. The minimum absolute atomic E-state index is 0.117. The van der Waals surface area contributed by atoms with E-state index in [1.54, 1.807) is 0 Å². The van der Waals surface area contributed by atoms with Crippen molar-refractivity contribution in [3.05, 3.63) is 34.6 Å². The molecule has 0 aliphatic heterocycles. The Labute approximate surface area is 129 Å². The van der Waals surface area contributed by atoms with Crippen LogP contribution in [0.3, 0.4) is 0 Å². The fraction of sp³-hybridized carbons (Fsp3) is 0.250. The van der Waals surface area contributed by atoms with E-state index >= 15 is 0 Å². The molecule has 0 aliphatic carbocycles. The molecule has 0 saturated carbocycles. The van der Waals surface area contributed by atoms with Gasteiger partial charge in [0.2, 0.25) is 11.1 Å². The minimum atomic E-state index is -0.117. The molecule has 0 aliphatic rings. The normalized spacial score (nSPS) is 10.5. The number of amides is 1. The molecule has 1 heterocycles. The maximum Gasteiger partial charge on any atom is 0.234 e. The molecule has 0 spiro atoms. The van der Waals surface area contributed by atoms with E-state index < -0.39 is 0 Å². The largest absolute Gasteiger partial charge is 0.336 e. The third kappa shape index (κ3) is 3.73. The Morgan fingerprint density at radius 1 is 1.50 bits per heavy atom. The summed E-state index contributed by atoms with van der Waals surface area (Å²) >= 11 is 4.61. The van der Waals surface area contributed by atoms with E-state index in [1.807, 2.05) is 31.2 Å². The lowest BCUT2D eigenvalue weighted by molar-refractivity contribution is -0.113. The van der Waals surface area contributed by atoms with Crippen LogP contribution in [0.4, 0.5) is 5.69 Å². The van der Waals surface area contributed by atoms with Gasteiger partial charge in [0, 0.05) is 16.6 Å². The molecule has 106 valence electrons. The number of aromatic nitrogens is 3. The quantitative estimate of drug-likeness (QED) is 0.633. The number of halogens is 1. The second kappa shape index (κ2) is 6.76. The molecule has 2 aromatic rings. The smallest absolute Gasteiger partial charge is 0.234 e. The number of carbonyl (C=O) groups excluding carboxylic acids is 1. The Bertz CT molecular complexity index is 616. The van der Waals surface area contributed by atoms with E-state index in [0.717, 1.165) is 10.2 Å². The molecule has 8 heteroatoms. The molecule has 0 radical (unpaired) electrons. The predicted octanol–water partition coefficient (Wildman–Crippen LogP) is 2.05. The Balaban J connectivity index is 1.90. The molecule has 0 bridgehead atoms. The van der Waals surface area contributed by atoms with Gasteiger partial charge in [-0.05, 0) is 18.2 Å². The molecule has 0 fully saturated rings. The fourth-order valence-electron chi connectivity index (χ4n) is 1.54. The standard InChI is InChI=1S/C12H14BrN5OS/c1-2-10-16-17-12(18(10)14)20-7-11(19)15-9-5-3-4-8(13)6-9/h3-6H,2,7,14H2,1H3,(H,15,19). The maximum atomic E-state index is 11.8. The first-order valence-corrected chi connectivity index (χ1v) is 7.75. The highest BCUT2D eigenvalue weighted by atomic mass is 79.9. The Kier molecular flexibility index (Phi) is 5.02. The van der Waals surface area contributed by atoms with Crippen LogP contribution in [-0.2, 0) is 11.2 Å². The zero-order chi connectivity index (χ0) is 14.5. The first-order valence-electron chi connectivity index (χ1n) is 5.97. The molecule has 0 unspecified atom stereocenters. The van der Waals surface area contributed by atoms with Crippen LogP contribution in [0, 0.1) is 0 Å². The number of nitrogens with two attached hydrogens (primary N) is 1. The van der Waals surface area contributed by atoms with Crippen LogP contribution >= 0.6 is 27.7 Å². The number of nitrogens with zero attached hydrogens (tertiary/aromatic N) is 3. The lowest BCUT2D eigenvalue weighted by Gasteiger charge is -2.05. The van der Waals surface area contributed by atoms with Crippen LogP contribution in [0.5, 0.6) is 0 Å². The third-order valence-corrected chi connectivity index (χ3v) is 3.93. The number of rotatable bonds is 5. The monoisotopic (exact) mass is 355 g/mol. The van der Waals surface area contributed by atoms with E-state index in [-0.39, 0.29) is 11.7 Å². The van der Waals surface area contributed by atoms with Crippen LogP contribution in [0.1, 0.15) is 12.7 Å². The van der Waals surface area contributed by atoms with Gasteiger partial charge in [-0.15, -0.1) is 10.2 Å². The van der Waals surface area contributed by atoms with Gasteiger partial charge in [-0.3, -0.25) is 4.79 Å². The number of hydrogen-bond acceptors (Lipinski definition) is 5. The van der Waals surface area contributed by atoms with Crippen molar-refractivity contribution in [1.29, 1.82) is 0 Å². The van der Waals surface area contributed by atoms with Crippen LogP contribution in [-0.4, -0.2) is 26.5 Å². The van der Waals surface area contributed by atoms with Crippen molar-refractivity contribution < 1.29 is 4.79 Å². The molecule has 3 N–H and O–H groups in total. The summed E-state index contributed by atoms with van der Waals surface area (Å²) in [6, 6.07) is 7.42. The van der Waals surface area contributed by atoms with Gasteiger partial charge < -0.3 is 11.2 Å². The lowest BCUT2D eigenvalue weighted by Crippen LogP contribution is -2.17. The van der Waals surface area contributed by atoms with Crippen molar-refractivity contribution in [3.8, 4) is 0 Å². The SMILES string of the molecule is CCc1nnc(SCC(=O)Nc2cccc(Br)c2)n1N. The van der Waals surface area contributed by atoms with Crippen LogP contribution < -0.4 is 11.2 Å². The van der Waals surface area contributed by atoms with Gasteiger partial charge in [0.15, 0.2) is 5.82 Å². The van der Waals surface area contributed by atoms with E-state index in [1.165, 1.54) is 16.4 Å². The highest BCUT2D eigenvalue weighted by Gasteiger charge is 2.11. The average Bonchev–Trinajstić information content (AvgIpc) is 2.77. The van der Waals surface area contributed by atoms with Gasteiger partial charge in [0.1, 0.15) is 0 Å². The molecular weight excluding hydrogens is 342 g/mol. The van der Waals surface area contributed by atoms with E-state index in [2.05, 4.69) is 31.4 Å². The molecule has 20 heavy (non-hydrogen) atoms. The highest BCUT2D eigenvalue weighted by molar-refractivity contribution is 9.10. The third-order valence-electron chi connectivity index (χ3n) is 2.49. The number of aryl methyl sites for hydroxylation is 1. The van der Waals surface area contributed by atoms with Crippen molar-refractivity contribution in [3.63, 3.8) is 0 Å². The molecule has 0 saturated heterocycles. The van der Waals surface area contributed by atoms with E-state index in [4.69, 9.17) is 5.84 Å². The number of hydrogen-bond donors (Lipinski definition) is 2. The summed E-state index contributed by atoms with van der Waals surface area (Å²) < 4.78 is 2.33. The Hall–Kier alpha value is -1.54. The lowest BCUT2D eigenvalue weighted by atomic mass is 10.3. The Morgan fingerprint density at radius 2 is 2.30 bits per heavy atom. The van der Waals surface area contributed by atoms with Crippen molar-refractivity contribution >= 4 is 39.3 Å². The second-order valence-electron chi connectivity index (χ2n) is 3.97. The predicted molar refractivity (Wildman–Crippen MR) is 83.0 cm³/mol. The fourth-order valence-corrected chi connectivity index (χ4v) is 2.61. The number of carbonyl (C=O) groups is 1. The summed E-state index contributed by atoms with van der Waals surface area (Å²) in [5.74, 6) is 6.61. The van der Waals surface area contributed by atoms with Crippen LogP contribution in [0.2, 0.25) is 0 Å². The van der Waals surface area contributed by atoms with Crippen LogP contribution in [0.15, 0.2) is 33.9 Å². The zero-order valence-corrected chi connectivity index (χ0v) is 13.2. The zero-order valence-electron chi connectivity index (χ0n) is 10.8. The summed E-state index contributed by atoms with van der Waals surface area (Å²) in [7, 11) is 0. The van der Waals surface area contributed by atoms with Gasteiger partial charge in [0.05, 0.1) is 5.75 Å². The van der Waals surface area contributed by atoms with Gasteiger partial charge >= 0.3 is 0 Å². The maximum absolute atomic E-state index is 11.8. The number of benzene rings is 1. The number of thioether (sulfide) groups is 1. The molecular formula is C12H14BrN5OS. The van der Waals surface area contributed by atoms with E-state index in [9.17, 15) is 4.79 Å². The Morgan fingerprint density at radius 3 is 2.95 bits per heavy atom. The molecule has 6 nitrogen and oxygen atoms in total. The molecule has 0 atom stereocenters. The number of anilines is 1. The summed E-state index contributed by atoms with van der Waals surface area (Å²) in [5, 5.41) is 11.2. The van der Waals surface area contributed by atoms with E-state index in [0.29, 0.717) is 17.4 Å². The minimum Gasteiger partial charge on any atom is -0.336 e. The first kappa shape index (κ1) is 14.9. The van der Waals surface area contributed by atoms with Gasteiger partial charge in [-0.25, -0.2) is 4.68 Å². The van der Waals surface area contributed by atoms with Crippen molar-refractivity contribution in [2.75, 3.05) is 16.9 Å². The van der Waals surface area contributed by atoms with Crippen LogP contribution in [0.25, 0.3) is 0 Å². The first-order chi connectivity index (χ1) is 9.60. The molecule has 2 rings (SSSR count). The van der Waals surface area contributed by atoms with Crippen molar-refractivity contribution in [1.82, 2.24) is 14.9 Å². The van der Waals surface area contributed by atoms with Gasteiger partial charge in [-0.2, -0.15) is 0 Å². The van der Waals surface area contributed by atoms with Gasteiger partial charge in [-0.1, -0.05) is 40.7 Å². The average molecular weight is 356 g/mol. The highest BCUT2D eigenvalue weighted by Crippen LogP contribution is 2.18. The molecule has 1 amide bonds. The summed E-state index contributed by atoms with van der Waals surface area (Å²) in [4.78, 5) is 11.8. The topological polar surface area (TPSA) is 85.8 Å². The van der Waals surface area contributed by atoms with Crippen molar-refractivity contribution in [2.24, 2.45) is 0 Å². The molecule has 1 aromatic carbocycles. The summed E-state index contributed by atoms with van der Waals surface area (Å²) in [6.45, 7) is 1.95. The van der Waals surface area contributed by atoms with Gasteiger partial charge in [0.25, 0.3) is 0 Å². The van der Waals surface area contributed by atoms with Crippen molar-refractivity contribution in [2.45, 2.75) is 18.5 Å². The second-order valence-corrected chi connectivity index (χ2v) is 5.83. The number of nitrogen functional groups attached to an aromatic ring is 1. The summed E-state index contributed by atoms with van der Waals surface area (Å²) in [6.07, 6.45) is 0.703. The summed E-state index contributed by atoms with van der Waals surface area (Å²) in [5.41, 5.74) is 0.744.